The second-order valence-electron chi connectivity index (χ2n) is 5.73. The molecule has 1 saturated carbocycles. The standard InChI is InChI=1S/C14H19N3O3/c1-14(6-2-3-7-14)9-16-13(18)11-8-10(17(19)20)4-5-12(11)15/h4-5,8H,2-3,6-7,9,15H2,1H3,(H,16,18). The van der Waals surface area contributed by atoms with Crippen LogP contribution in [0.4, 0.5) is 11.4 Å². The van der Waals surface area contributed by atoms with Gasteiger partial charge >= 0.3 is 0 Å². The first-order valence-corrected chi connectivity index (χ1v) is 6.73. The van der Waals surface area contributed by atoms with Crippen LogP contribution in [-0.2, 0) is 0 Å². The largest absolute Gasteiger partial charge is 0.398 e. The van der Waals surface area contributed by atoms with Crippen LogP contribution in [0.3, 0.4) is 0 Å². The topological polar surface area (TPSA) is 98.3 Å². The first-order chi connectivity index (χ1) is 9.41. The van der Waals surface area contributed by atoms with Crippen molar-refractivity contribution in [1.82, 2.24) is 5.32 Å². The maximum Gasteiger partial charge on any atom is 0.270 e. The third-order valence-corrected chi connectivity index (χ3v) is 3.98. The van der Waals surface area contributed by atoms with Crippen LogP contribution in [0, 0.1) is 15.5 Å². The lowest BCUT2D eigenvalue weighted by Crippen LogP contribution is -2.34. The molecule has 1 aliphatic carbocycles. The van der Waals surface area contributed by atoms with E-state index in [1.165, 1.54) is 31.0 Å². The Labute approximate surface area is 117 Å². The normalized spacial score (nSPS) is 16.9. The molecule has 0 spiro atoms. The van der Waals surface area contributed by atoms with Gasteiger partial charge in [0.2, 0.25) is 0 Å². The second-order valence-corrected chi connectivity index (χ2v) is 5.73. The van der Waals surface area contributed by atoms with Crippen molar-refractivity contribution in [3.05, 3.63) is 33.9 Å². The molecule has 0 bridgehead atoms. The van der Waals surface area contributed by atoms with Crippen molar-refractivity contribution in [2.45, 2.75) is 32.6 Å². The van der Waals surface area contributed by atoms with Crippen LogP contribution in [0.2, 0.25) is 0 Å². The van der Waals surface area contributed by atoms with Gasteiger partial charge in [0.25, 0.3) is 11.6 Å². The number of nitrogens with two attached hydrogens (primary N) is 1. The van der Waals surface area contributed by atoms with E-state index in [0.717, 1.165) is 12.8 Å². The van der Waals surface area contributed by atoms with Crippen molar-refractivity contribution >= 4 is 17.3 Å². The summed E-state index contributed by atoms with van der Waals surface area (Å²) in [6, 6.07) is 3.91. The quantitative estimate of drug-likeness (QED) is 0.501. The number of benzene rings is 1. The molecule has 0 saturated heterocycles. The second kappa shape index (κ2) is 5.48. The van der Waals surface area contributed by atoms with Crippen molar-refractivity contribution < 1.29 is 9.72 Å². The molecular weight excluding hydrogens is 258 g/mol. The fourth-order valence-electron chi connectivity index (χ4n) is 2.65. The Hall–Kier alpha value is -2.11. The number of nitrogens with zero attached hydrogens (tertiary/aromatic N) is 1. The summed E-state index contributed by atoms with van der Waals surface area (Å²) in [4.78, 5) is 22.3. The summed E-state index contributed by atoms with van der Waals surface area (Å²) in [7, 11) is 0. The SMILES string of the molecule is CC1(CNC(=O)c2cc([N+](=O)[O-])ccc2N)CCCC1. The summed E-state index contributed by atoms with van der Waals surface area (Å²) >= 11 is 0. The molecule has 1 amide bonds. The lowest BCUT2D eigenvalue weighted by Gasteiger charge is -2.23. The number of nitro benzene ring substituents is 1. The van der Waals surface area contributed by atoms with Crippen LogP contribution in [-0.4, -0.2) is 17.4 Å². The number of non-ortho nitro benzene ring substituents is 1. The fraction of sp³-hybridized carbons (Fsp3) is 0.500. The van der Waals surface area contributed by atoms with Crippen LogP contribution >= 0.6 is 0 Å². The minimum absolute atomic E-state index is 0.128. The Morgan fingerprint density at radius 3 is 2.70 bits per heavy atom. The average Bonchev–Trinajstić information content (AvgIpc) is 2.84. The van der Waals surface area contributed by atoms with Crippen molar-refractivity contribution in [3.8, 4) is 0 Å². The maximum absolute atomic E-state index is 12.1. The van der Waals surface area contributed by atoms with Gasteiger partial charge in [0.05, 0.1) is 10.5 Å². The molecule has 6 nitrogen and oxygen atoms in total. The third-order valence-electron chi connectivity index (χ3n) is 3.98. The molecule has 0 aliphatic heterocycles. The van der Waals surface area contributed by atoms with Gasteiger partial charge in [-0.05, 0) is 24.3 Å². The number of rotatable bonds is 4. The van der Waals surface area contributed by atoms with Crippen molar-refractivity contribution in [1.29, 1.82) is 0 Å². The van der Waals surface area contributed by atoms with E-state index < -0.39 is 4.92 Å². The zero-order valence-electron chi connectivity index (χ0n) is 11.5. The van der Waals surface area contributed by atoms with E-state index >= 15 is 0 Å². The Kier molecular flexibility index (Phi) is 3.92. The molecule has 0 aromatic heterocycles. The van der Waals surface area contributed by atoms with Gasteiger partial charge in [-0.1, -0.05) is 19.8 Å². The number of anilines is 1. The molecule has 0 heterocycles. The molecule has 6 heteroatoms. The molecule has 0 radical (unpaired) electrons. The summed E-state index contributed by atoms with van der Waals surface area (Å²) in [6.45, 7) is 2.73. The van der Waals surface area contributed by atoms with Crippen LogP contribution in [0.25, 0.3) is 0 Å². The lowest BCUT2D eigenvalue weighted by molar-refractivity contribution is -0.384. The smallest absolute Gasteiger partial charge is 0.270 e. The van der Waals surface area contributed by atoms with E-state index in [0.29, 0.717) is 6.54 Å². The highest BCUT2D eigenvalue weighted by Crippen LogP contribution is 2.36. The number of carbonyl (C=O) groups is 1. The van der Waals surface area contributed by atoms with E-state index in [4.69, 9.17) is 5.73 Å². The third kappa shape index (κ3) is 3.07. The van der Waals surface area contributed by atoms with E-state index in [2.05, 4.69) is 12.2 Å². The first-order valence-electron chi connectivity index (χ1n) is 6.73. The molecule has 3 N–H and O–H groups in total. The molecule has 1 fully saturated rings. The summed E-state index contributed by atoms with van der Waals surface area (Å²) < 4.78 is 0. The monoisotopic (exact) mass is 277 g/mol. The number of hydrogen-bond acceptors (Lipinski definition) is 4. The highest BCUT2D eigenvalue weighted by molar-refractivity contribution is 5.99. The van der Waals surface area contributed by atoms with Gasteiger partial charge in [-0.15, -0.1) is 0 Å². The van der Waals surface area contributed by atoms with Gasteiger partial charge in [-0.25, -0.2) is 0 Å². The highest BCUT2D eigenvalue weighted by Gasteiger charge is 2.29. The lowest BCUT2D eigenvalue weighted by atomic mass is 9.89. The van der Waals surface area contributed by atoms with E-state index in [1.807, 2.05) is 0 Å². The molecule has 0 unspecified atom stereocenters. The van der Waals surface area contributed by atoms with Gasteiger partial charge in [0, 0.05) is 24.4 Å². The Morgan fingerprint density at radius 2 is 2.10 bits per heavy atom. The number of hydrogen-bond donors (Lipinski definition) is 2. The Morgan fingerprint density at radius 1 is 1.45 bits per heavy atom. The van der Waals surface area contributed by atoms with Gasteiger partial charge < -0.3 is 11.1 Å². The molecule has 0 atom stereocenters. The van der Waals surface area contributed by atoms with E-state index in [1.54, 1.807) is 0 Å². The minimum atomic E-state index is -0.533. The molecule has 1 aliphatic rings. The summed E-state index contributed by atoms with van der Waals surface area (Å²) in [5, 5.41) is 13.6. The van der Waals surface area contributed by atoms with E-state index in [-0.39, 0.29) is 28.3 Å². The molecule has 2 rings (SSSR count). The predicted molar refractivity (Wildman–Crippen MR) is 76.4 cm³/mol. The minimum Gasteiger partial charge on any atom is -0.398 e. The maximum atomic E-state index is 12.1. The van der Waals surface area contributed by atoms with Crippen LogP contribution in [0.1, 0.15) is 43.0 Å². The van der Waals surface area contributed by atoms with Gasteiger partial charge in [-0.2, -0.15) is 0 Å². The molecule has 1 aromatic carbocycles. The molecular formula is C14H19N3O3. The zero-order valence-corrected chi connectivity index (χ0v) is 11.5. The number of nitrogen functional groups attached to an aromatic ring is 1. The Bertz CT molecular complexity index is 536. The van der Waals surface area contributed by atoms with Crippen molar-refractivity contribution in [2.75, 3.05) is 12.3 Å². The average molecular weight is 277 g/mol. The fourth-order valence-corrected chi connectivity index (χ4v) is 2.65. The number of nitrogens with one attached hydrogen (secondary N) is 1. The van der Waals surface area contributed by atoms with Crippen LogP contribution in [0.15, 0.2) is 18.2 Å². The first kappa shape index (κ1) is 14.3. The molecule has 20 heavy (non-hydrogen) atoms. The Balaban J connectivity index is 2.08. The van der Waals surface area contributed by atoms with Crippen molar-refractivity contribution in [2.24, 2.45) is 5.41 Å². The summed E-state index contributed by atoms with van der Waals surface area (Å²) in [6.07, 6.45) is 4.56. The van der Waals surface area contributed by atoms with E-state index in [9.17, 15) is 14.9 Å². The van der Waals surface area contributed by atoms with Crippen molar-refractivity contribution in [3.63, 3.8) is 0 Å². The van der Waals surface area contributed by atoms with Crippen LogP contribution in [0.5, 0.6) is 0 Å². The van der Waals surface area contributed by atoms with Gasteiger partial charge in [0.1, 0.15) is 0 Å². The zero-order chi connectivity index (χ0) is 14.8. The summed E-state index contributed by atoms with van der Waals surface area (Å²) in [5.74, 6) is -0.348. The highest BCUT2D eigenvalue weighted by atomic mass is 16.6. The number of nitro groups is 1. The van der Waals surface area contributed by atoms with Gasteiger partial charge in [-0.3, -0.25) is 14.9 Å². The number of carbonyl (C=O) groups excluding carboxylic acids is 1. The molecule has 108 valence electrons. The predicted octanol–water partition coefficient (Wildman–Crippen LogP) is 2.49. The summed E-state index contributed by atoms with van der Waals surface area (Å²) in [5.41, 5.74) is 6.15. The molecule has 1 aromatic rings. The van der Waals surface area contributed by atoms with Crippen LogP contribution < -0.4 is 11.1 Å². The number of amides is 1. The van der Waals surface area contributed by atoms with Gasteiger partial charge in [0.15, 0.2) is 0 Å².